The first-order valence-corrected chi connectivity index (χ1v) is 8.15. The zero-order valence-electron chi connectivity index (χ0n) is 14.6. The number of Topliss-reactive ketones (excluding diaryl/α,β-unsaturated/α-hetero) is 1. The van der Waals surface area contributed by atoms with Crippen LogP contribution in [0.1, 0.15) is 38.1 Å². The van der Waals surface area contributed by atoms with Gasteiger partial charge in [-0.2, -0.15) is 0 Å². The molecule has 0 radical (unpaired) electrons. The zero-order chi connectivity index (χ0) is 17.3. The van der Waals surface area contributed by atoms with E-state index in [2.05, 4.69) is 0 Å². The lowest BCUT2D eigenvalue weighted by atomic mass is 10.00. The largest absolute Gasteiger partial charge is 0.378 e. The fourth-order valence-corrected chi connectivity index (χ4v) is 2.17. The van der Waals surface area contributed by atoms with E-state index < -0.39 is 5.72 Å². The quantitative estimate of drug-likeness (QED) is 0.494. The third kappa shape index (κ3) is 5.59. The van der Waals surface area contributed by atoms with E-state index in [4.69, 9.17) is 11.6 Å². The van der Waals surface area contributed by atoms with Gasteiger partial charge in [0.05, 0.1) is 0 Å². The van der Waals surface area contributed by atoms with Gasteiger partial charge < -0.3 is 10.0 Å². The molecule has 1 unspecified atom stereocenters. The SMILES string of the molecule is CCCl.CCN(CC)C(C)(O)C(=O)c1ccc(N(C)C)cc1. The predicted octanol–water partition coefficient (Wildman–Crippen LogP) is 3.23. The number of carbonyl (C=O) groups is 1. The Morgan fingerprint density at radius 2 is 1.55 bits per heavy atom. The Labute approximate surface area is 139 Å². The summed E-state index contributed by atoms with van der Waals surface area (Å²) in [7, 11) is 3.89. The third-order valence-electron chi connectivity index (χ3n) is 3.46. The number of carbonyl (C=O) groups excluding carboxylic acids is 1. The smallest absolute Gasteiger partial charge is 0.209 e. The summed E-state index contributed by atoms with van der Waals surface area (Å²) in [4.78, 5) is 16.1. The van der Waals surface area contributed by atoms with Crippen molar-refractivity contribution in [2.75, 3.05) is 38.0 Å². The molecule has 0 heterocycles. The van der Waals surface area contributed by atoms with Gasteiger partial charge in [0.25, 0.3) is 0 Å². The summed E-state index contributed by atoms with van der Waals surface area (Å²) in [5, 5.41) is 10.4. The summed E-state index contributed by atoms with van der Waals surface area (Å²) >= 11 is 5.00. The number of likely N-dealkylation sites (N-methyl/N-ethyl adjacent to an activating group) is 1. The van der Waals surface area contributed by atoms with Crippen LogP contribution in [0.15, 0.2) is 24.3 Å². The number of ketones is 1. The number of halogens is 1. The van der Waals surface area contributed by atoms with Crippen LogP contribution in [0.25, 0.3) is 0 Å². The maximum Gasteiger partial charge on any atom is 0.209 e. The fourth-order valence-electron chi connectivity index (χ4n) is 2.17. The first kappa shape index (κ1) is 20.9. The van der Waals surface area contributed by atoms with Crippen molar-refractivity contribution in [1.29, 1.82) is 0 Å². The average Bonchev–Trinajstić information content (AvgIpc) is 2.48. The molecule has 5 heteroatoms. The first-order valence-electron chi connectivity index (χ1n) is 7.61. The van der Waals surface area contributed by atoms with E-state index in [0.717, 1.165) is 11.6 Å². The molecular weight excluding hydrogens is 300 g/mol. The number of hydrogen-bond acceptors (Lipinski definition) is 4. The van der Waals surface area contributed by atoms with Gasteiger partial charge in [-0.25, -0.2) is 0 Å². The minimum atomic E-state index is -1.46. The van der Waals surface area contributed by atoms with Gasteiger partial charge in [-0.05, 0) is 44.3 Å². The normalized spacial score (nSPS) is 13.1. The van der Waals surface area contributed by atoms with Crippen molar-refractivity contribution in [3.63, 3.8) is 0 Å². The van der Waals surface area contributed by atoms with Gasteiger partial charge in [0, 0.05) is 31.2 Å². The van der Waals surface area contributed by atoms with Gasteiger partial charge in [0.15, 0.2) is 5.72 Å². The van der Waals surface area contributed by atoms with Crippen LogP contribution in [-0.2, 0) is 0 Å². The number of alkyl halides is 1. The lowest BCUT2D eigenvalue weighted by Gasteiger charge is -2.34. The van der Waals surface area contributed by atoms with Gasteiger partial charge in [0.1, 0.15) is 0 Å². The maximum absolute atomic E-state index is 12.4. The molecule has 22 heavy (non-hydrogen) atoms. The van der Waals surface area contributed by atoms with Crippen molar-refractivity contribution in [3.8, 4) is 0 Å². The molecule has 0 saturated heterocycles. The second kappa shape index (κ2) is 9.82. The standard InChI is InChI=1S/C15H24N2O2.C2H5Cl/c1-6-17(7-2)15(3,19)14(18)12-8-10-13(11-9-12)16(4)5;1-2-3/h8-11,19H,6-7H2,1-5H3;2H2,1H3. The number of nitrogens with zero attached hydrogens (tertiary/aromatic N) is 2. The average molecular weight is 329 g/mol. The molecule has 1 N–H and O–H groups in total. The number of hydrogen-bond donors (Lipinski definition) is 1. The topological polar surface area (TPSA) is 43.8 Å². The summed E-state index contributed by atoms with van der Waals surface area (Å²) in [6.07, 6.45) is 0. The molecule has 0 saturated carbocycles. The van der Waals surface area contributed by atoms with E-state index >= 15 is 0 Å². The van der Waals surface area contributed by atoms with Gasteiger partial charge in [-0.3, -0.25) is 9.69 Å². The highest BCUT2D eigenvalue weighted by molar-refractivity contribution is 6.17. The van der Waals surface area contributed by atoms with E-state index in [-0.39, 0.29) is 5.78 Å². The summed E-state index contributed by atoms with van der Waals surface area (Å²) in [5.41, 5.74) is 0.102. The second-order valence-electron chi connectivity index (χ2n) is 5.23. The van der Waals surface area contributed by atoms with Crippen LogP contribution in [-0.4, -0.2) is 54.6 Å². The summed E-state index contributed by atoms with van der Waals surface area (Å²) in [6.45, 7) is 8.57. The Bertz CT molecular complexity index is 440. The molecule has 0 bridgehead atoms. The van der Waals surface area contributed by atoms with Crippen LogP contribution in [0.5, 0.6) is 0 Å². The third-order valence-corrected chi connectivity index (χ3v) is 3.46. The van der Waals surface area contributed by atoms with Gasteiger partial charge >= 0.3 is 0 Å². The van der Waals surface area contributed by atoms with Crippen LogP contribution in [0.3, 0.4) is 0 Å². The van der Waals surface area contributed by atoms with Crippen LogP contribution in [0.2, 0.25) is 0 Å². The van der Waals surface area contributed by atoms with E-state index in [9.17, 15) is 9.90 Å². The van der Waals surface area contributed by atoms with Crippen LogP contribution in [0.4, 0.5) is 5.69 Å². The molecule has 1 aromatic carbocycles. The molecule has 0 aromatic heterocycles. The lowest BCUT2D eigenvalue weighted by molar-refractivity contribution is -0.0589. The minimum Gasteiger partial charge on any atom is -0.378 e. The molecule has 0 spiro atoms. The van der Waals surface area contributed by atoms with E-state index in [1.807, 2.05) is 51.9 Å². The van der Waals surface area contributed by atoms with Crippen LogP contribution >= 0.6 is 11.6 Å². The number of rotatable bonds is 6. The number of anilines is 1. The highest BCUT2D eigenvalue weighted by Gasteiger charge is 2.35. The highest BCUT2D eigenvalue weighted by atomic mass is 35.5. The fraction of sp³-hybridized carbons (Fsp3) is 0.588. The molecule has 0 aliphatic rings. The minimum absolute atomic E-state index is 0.262. The van der Waals surface area contributed by atoms with Crippen molar-refractivity contribution < 1.29 is 9.90 Å². The van der Waals surface area contributed by atoms with Gasteiger partial charge in [0.2, 0.25) is 5.78 Å². The Kier molecular flexibility index (Phi) is 9.33. The van der Waals surface area contributed by atoms with Crippen molar-refractivity contribution in [2.45, 2.75) is 33.4 Å². The monoisotopic (exact) mass is 328 g/mol. The Morgan fingerprint density at radius 1 is 1.14 bits per heavy atom. The summed E-state index contributed by atoms with van der Waals surface area (Å²) in [5.74, 6) is 0.460. The lowest BCUT2D eigenvalue weighted by Crippen LogP contribution is -2.52. The highest BCUT2D eigenvalue weighted by Crippen LogP contribution is 2.20. The van der Waals surface area contributed by atoms with Crippen LogP contribution in [0, 0.1) is 0 Å². The van der Waals surface area contributed by atoms with Crippen molar-refractivity contribution in [2.24, 2.45) is 0 Å². The summed E-state index contributed by atoms with van der Waals surface area (Å²) < 4.78 is 0. The molecule has 1 rings (SSSR count). The van der Waals surface area contributed by atoms with Gasteiger partial charge in [-0.1, -0.05) is 20.8 Å². The molecular formula is C17H29ClN2O2. The van der Waals surface area contributed by atoms with Crippen molar-refractivity contribution >= 4 is 23.1 Å². The Balaban J connectivity index is 0.00000135. The molecule has 126 valence electrons. The van der Waals surface area contributed by atoms with E-state index in [1.54, 1.807) is 24.0 Å². The molecule has 0 fully saturated rings. The molecule has 0 aliphatic carbocycles. The van der Waals surface area contributed by atoms with E-state index in [1.165, 1.54) is 0 Å². The van der Waals surface area contributed by atoms with Crippen LogP contribution < -0.4 is 4.90 Å². The Morgan fingerprint density at radius 3 is 1.86 bits per heavy atom. The number of aliphatic hydroxyl groups is 1. The first-order chi connectivity index (χ1) is 10.3. The second-order valence-corrected chi connectivity index (χ2v) is 5.77. The number of benzene rings is 1. The maximum atomic E-state index is 12.4. The Hall–Kier alpha value is -1.10. The predicted molar refractivity (Wildman–Crippen MR) is 95.0 cm³/mol. The molecule has 4 nitrogen and oxygen atoms in total. The van der Waals surface area contributed by atoms with Crippen molar-refractivity contribution in [3.05, 3.63) is 29.8 Å². The van der Waals surface area contributed by atoms with Gasteiger partial charge in [-0.15, -0.1) is 11.6 Å². The molecule has 1 atom stereocenters. The summed E-state index contributed by atoms with van der Waals surface area (Å²) in [6, 6.07) is 7.28. The van der Waals surface area contributed by atoms with Crippen molar-refractivity contribution in [1.82, 2.24) is 4.90 Å². The molecule has 1 aromatic rings. The molecule has 0 aliphatic heterocycles. The zero-order valence-corrected chi connectivity index (χ0v) is 15.3. The van der Waals surface area contributed by atoms with E-state index in [0.29, 0.717) is 18.7 Å². The molecule has 0 amide bonds.